The van der Waals surface area contributed by atoms with Crippen LogP contribution in [0.2, 0.25) is 10.2 Å². The van der Waals surface area contributed by atoms with Crippen LogP contribution in [0.1, 0.15) is 18.5 Å². The quantitative estimate of drug-likeness (QED) is 0.472. The van der Waals surface area contributed by atoms with Crippen LogP contribution in [-0.4, -0.2) is 17.0 Å². The van der Waals surface area contributed by atoms with Crippen LogP contribution in [0.4, 0.5) is 11.5 Å². The lowest BCUT2D eigenvalue weighted by molar-refractivity contribution is -0.384. The fraction of sp³-hybridized carbons (Fsp3) is 0.214. The van der Waals surface area contributed by atoms with E-state index in [9.17, 15) is 10.1 Å². The Morgan fingerprint density at radius 2 is 2.00 bits per heavy atom. The zero-order valence-corrected chi connectivity index (χ0v) is 13.0. The van der Waals surface area contributed by atoms with E-state index < -0.39 is 4.92 Å². The molecule has 1 aromatic carbocycles. The van der Waals surface area contributed by atoms with Gasteiger partial charge in [0.1, 0.15) is 5.15 Å². The van der Waals surface area contributed by atoms with E-state index >= 15 is 0 Å². The third-order valence-electron chi connectivity index (χ3n) is 3.26. The van der Waals surface area contributed by atoms with Gasteiger partial charge in [0.25, 0.3) is 0 Å². The highest BCUT2D eigenvalue weighted by molar-refractivity contribution is 6.30. The summed E-state index contributed by atoms with van der Waals surface area (Å²) in [7, 11) is 1.73. The summed E-state index contributed by atoms with van der Waals surface area (Å²) in [6.45, 7) is 1.91. The minimum absolute atomic E-state index is 0.0872. The number of pyridine rings is 1. The second-order valence-electron chi connectivity index (χ2n) is 4.58. The van der Waals surface area contributed by atoms with Crippen molar-refractivity contribution in [3.63, 3.8) is 0 Å². The molecule has 7 heteroatoms. The van der Waals surface area contributed by atoms with E-state index in [2.05, 4.69) is 4.98 Å². The van der Waals surface area contributed by atoms with Crippen molar-refractivity contribution in [1.29, 1.82) is 0 Å². The summed E-state index contributed by atoms with van der Waals surface area (Å²) >= 11 is 11.8. The topological polar surface area (TPSA) is 59.3 Å². The smallest absolute Gasteiger partial charge is 0.311 e. The number of hydrogen-bond acceptors (Lipinski definition) is 4. The van der Waals surface area contributed by atoms with E-state index in [0.717, 1.165) is 5.56 Å². The van der Waals surface area contributed by atoms with Crippen molar-refractivity contribution in [2.75, 3.05) is 11.9 Å². The summed E-state index contributed by atoms with van der Waals surface area (Å²) < 4.78 is 0. The van der Waals surface area contributed by atoms with Gasteiger partial charge in [0.2, 0.25) is 5.82 Å². The summed E-state index contributed by atoms with van der Waals surface area (Å²) in [4.78, 5) is 16.4. The van der Waals surface area contributed by atoms with Crippen LogP contribution in [0.5, 0.6) is 0 Å². The van der Waals surface area contributed by atoms with Gasteiger partial charge in [-0.1, -0.05) is 35.3 Å². The Labute approximate surface area is 132 Å². The average Bonchev–Trinajstić information content (AvgIpc) is 2.45. The van der Waals surface area contributed by atoms with E-state index in [1.165, 1.54) is 12.1 Å². The predicted octanol–water partition coefficient (Wildman–Crippen LogP) is 4.49. The van der Waals surface area contributed by atoms with Crippen molar-refractivity contribution < 1.29 is 4.92 Å². The lowest BCUT2D eigenvalue weighted by Gasteiger charge is -2.26. The Kier molecular flexibility index (Phi) is 4.65. The Morgan fingerprint density at radius 1 is 1.29 bits per heavy atom. The van der Waals surface area contributed by atoms with Crippen LogP contribution in [0.3, 0.4) is 0 Å². The summed E-state index contributed by atoms with van der Waals surface area (Å²) in [5.41, 5.74) is 0.844. The minimum atomic E-state index is -0.472. The van der Waals surface area contributed by atoms with Gasteiger partial charge in [-0.05, 0) is 30.7 Å². The molecule has 2 aromatic rings. The molecule has 0 saturated heterocycles. The van der Waals surface area contributed by atoms with E-state index in [4.69, 9.17) is 23.2 Å². The first-order valence-corrected chi connectivity index (χ1v) is 6.95. The highest BCUT2D eigenvalue weighted by atomic mass is 35.5. The van der Waals surface area contributed by atoms with Gasteiger partial charge in [-0.15, -0.1) is 0 Å². The molecule has 1 atom stereocenters. The molecule has 0 aliphatic rings. The SMILES string of the molecule is CC(c1cccc(Cl)c1)N(C)c1nc(Cl)ccc1[N+](=O)[O-]. The third-order valence-corrected chi connectivity index (χ3v) is 3.71. The molecular formula is C14H13Cl2N3O2. The number of nitro groups is 1. The van der Waals surface area contributed by atoms with Gasteiger partial charge in [-0.25, -0.2) is 4.98 Å². The van der Waals surface area contributed by atoms with E-state index in [-0.39, 0.29) is 22.7 Å². The molecule has 0 aliphatic carbocycles. The molecule has 1 aromatic heterocycles. The van der Waals surface area contributed by atoms with Gasteiger partial charge in [0.05, 0.1) is 11.0 Å². The van der Waals surface area contributed by atoms with E-state index in [0.29, 0.717) is 5.02 Å². The maximum absolute atomic E-state index is 11.1. The normalized spacial score (nSPS) is 12.0. The number of halogens is 2. The Bertz CT molecular complexity index is 679. The molecule has 21 heavy (non-hydrogen) atoms. The first-order valence-electron chi connectivity index (χ1n) is 6.19. The summed E-state index contributed by atoms with van der Waals surface area (Å²) in [6, 6.07) is 9.95. The van der Waals surface area contributed by atoms with Crippen LogP contribution >= 0.6 is 23.2 Å². The van der Waals surface area contributed by atoms with Gasteiger partial charge in [-0.2, -0.15) is 0 Å². The molecule has 0 spiro atoms. The van der Waals surface area contributed by atoms with Gasteiger partial charge >= 0.3 is 5.69 Å². The number of rotatable bonds is 4. The van der Waals surface area contributed by atoms with Crippen molar-refractivity contribution in [3.05, 3.63) is 62.3 Å². The molecule has 0 amide bonds. The largest absolute Gasteiger partial charge is 0.347 e. The molecule has 0 aliphatic heterocycles. The first kappa shape index (κ1) is 15.5. The third kappa shape index (κ3) is 3.43. The molecule has 5 nitrogen and oxygen atoms in total. The van der Waals surface area contributed by atoms with Crippen LogP contribution in [0, 0.1) is 10.1 Å². The van der Waals surface area contributed by atoms with Crippen molar-refractivity contribution in [2.24, 2.45) is 0 Å². The van der Waals surface area contributed by atoms with Crippen molar-refractivity contribution in [2.45, 2.75) is 13.0 Å². The van der Waals surface area contributed by atoms with Gasteiger partial charge in [-0.3, -0.25) is 10.1 Å². The molecule has 1 unspecified atom stereocenters. The van der Waals surface area contributed by atoms with Crippen molar-refractivity contribution in [1.82, 2.24) is 4.98 Å². The highest BCUT2D eigenvalue weighted by Crippen LogP contribution is 2.32. The van der Waals surface area contributed by atoms with Crippen LogP contribution in [-0.2, 0) is 0 Å². The van der Waals surface area contributed by atoms with Gasteiger partial charge < -0.3 is 4.90 Å². The zero-order chi connectivity index (χ0) is 15.6. The van der Waals surface area contributed by atoms with Crippen molar-refractivity contribution >= 4 is 34.7 Å². The number of aromatic nitrogens is 1. The second-order valence-corrected chi connectivity index (χ2v) is 5.40. The van der Waals surface area contributed by atoms with E-state index in [1.54, 1.807) is 18.0 Å². The average molecular weight is 326 g/mol. The Hall–Kier alpha value is -1.85. The Morgan fingerprint density at radius 3 is 2.62 bits per heavy atom. The molecule has 0 N–H and O–H groups in total. The maximum Gasteiger partial charge on any atom is 0.311 e. The molecule has 1 heterocycles. The molecular weight excluding hydrogens is 313 g/mol. The summed E-state index contributed by atoms with van der Waals surface area (Å²) in [6.07, 6.45) is 0. The summed E-state index contributed by atoms with van der Waals surface area (Å²) in [5, 5.41) is 11.9. The van der Waals surface area contributed by atoms with Gasteiger partial charge in [0, 0.05) is 18.1 Å². The molecule has 0 saturated carbocycles. The van der Waals surface area contributed by atoms with Crippen LogP contribution < -0.4 is 4.90 Å². The number of anilines is 1. The molecule has 2 rings (SSSR count). The van der Waals surface area contributed by atoms with Crippen molar-refractivity contribution in [3.8, 4) is 0 Å². The monoisotopic (exact) mass is 325 g/mol. The fourth-order valence-corrected chi connectivity index (χ4v) is 2.34. The molecule has 0 bridgehead atoms. The van der Waals surface area contributed by atoms with Crippen LogP contribution in [0.25, 0.3) is 0 Å². The number of nitrogens with zero attached hydrogens (tertiary/aromatic N) is 3. The number of hydrogen-bond donors (Lipinski definition) is 0. The molecule has 0 radical (unpaired) electrons. The lowest BCUT2D eigenvalue weighted by Crippen LogP contribution is -2.23. The molecule has 0 fully saturated rings. The summed E-state index contributed by atoms with van der Waals surface area (Å²) in [5.74, 6) is 0.222. The zero-order valence-electron chi connectivity index (χ0n) is 11.5. The Balaban J connectivity index is 2.41. The lowest BCUT2D eigenvalue weighted by atomic mass is 10.1. The second kappa shape index (κ2) is 6.28. The standard InChI is InChI=1S/C14H13Cl2N3O2/c1-9(10-4-3-5-11(15)8-10)18(2)14-12(19(20)21)6-7-13(16)17-14/h3-9H,1-2H3. The minimum Gasteiger partial charge on any atom is -0.347 e. The fourth-order valence-electron chi connectivity index (χ4n) is 1.99. The maximum atomic E-state index is 11.1. The first-order chi connectivity index (χ1) is 9.90. The van der Waals surface area contributed by atoms with E-state index in [1.807, 2.05) is 25.1 Å². The number of benzene rings is 1. The van der Waals surface area contributed by atoms with Gasteiger partial charge in [0.15, 0.2) is 0 Å². The highest BCUT2D eigenvalue weighted by Gasteiger charge is 2.23. The predicted molar refractivity (Wildman–Crippen MR) is 84.2 cm³/mol. The van der Waals surface area contributed by atoms with Crippen LogP contribution in [0.15, 0.2) is 36.4 Å². The molecule has 110 valence electrons.